The van der Waals surface area contributed by atoms with Gasteiger partial charge in [0.1, 0.15) is 18.5 Å². The number of β-amino-alcohol motifs (C(OH)–C–C–N with tert-alkyl or cyclic N) is 1. The lowest BCUT2D eigenvalue weighted by Gasteiger charge is -2.35. The molecule has 2 aromatic heterocycles. The molecule has 1 aliphatic carbocycles. The summed E-state index contributed by atoms with van der Waals surface area (Å²) in [6, 6.07) is 16.6. The molecular formula is C31H39N5O2S. The van der Waals surface area contributed by atoms with Crippen LogP contribution in [0, 0.1) is 0 Å². The molecule has 3 heterocycles. The molecule has 1 saturated carbocycles. The van der Waals surface area contributed by atoms with Gasteiger partial charge in [-0.2, -0.15) is 5.10 Å². The quantitative estimate of drug-likeness (QED) is 0.293. The maximum absolute atomic E-state index is 10.7. The smallest absolute Gasteiger partial charge is 0.121 e. The summed E-state index contributed by atoms with van der Waals surface area (Å²) >= 11 is 1.83. The van der Waals surface area contributed by atoms with Gasteiger partial charge in [-0.3, -0.25) is 14.5 Å². The maximum Gasteiger partial charge on any atom is 0.121 e. The van der Waals surface area contributed by atoms with E-state index in [1.54, 1.807) is 0 Å². The number of hydrogen-bond acceptors (Lipinski definition) is 7. The molecule has 1 N–H and O–H groups in total. The van der Waals surface area contributed by atoms with Crippen molar-refractivity contribution in [3.63, 3.8) is 0 Å². The van der Waals surface area contributed by atoms with Gasteiger partial charge in [-0.25, -0.2) is 4.98 Å². The normalized spacial score (nSPS) is 18.5. The van der Waals surface area contributed by atoms with Crippen LogP contribution < -0.4 is 4.74 Å². The van der Waals surface area contributed by atoms with E-state index in [1.807, 2.05) is 40.4 Å². The molecule has 0 bridgehead atoms. The van der Waals surface area contributed by atoms with Crippen molar-refractivity contribution in [1.29, 1.82) is 0 Å². The van der Waals surface area contributed by atoms with Crippen LogP contribution in [0.3, 0.4) is 0 Å². The summed E-state index contributed by atoms with van der Waals surface area (Å²) in [7, 11) is 0. The third-order valence-electron chi connectivity index (χ3n) is 8.09. The van der Waals surface area contributed by atoms with Crippen LogP contribution in [0.25, 0.3) is 21.3 Å². The molecule has 2 aliphatic rings. The van der Waals surface area contributed by atoms with E-state index in [2.05, 4.69) is 51.4 Å². The molecule has 0 amide bonds. The fourth-order valence-corrected chi connectivity index (χ4v) is 6.90. The molecule has 39 heavy (non-hydrogen) atoms. The van der Waals surface area contributed by atoms with Crippen LogP contribution in [0.1, 0.15) is 43.0 Å². The average molecular weight is 546 g/mol. The Morgan fingerprint density at radius 2 is 1.72 bits per heavy atom. The number of hydrogen-bond donors (Lipinski definition) is 1. The van der Waals surface area contributed by atoms with Crippen LogP contribution in [-0.2, 0) is 6.54 Å². The zero-order valence-electron chi connectivity index (χ0n) is 22.6. The zero-order chi connectivity index (χ0) is 26.4. The first kappa shape index (κ1) is 26.4. The number of piperazine rings is 1. The zero-order valence-corrected chi connectivity index (χ0v) is 23.4. The van der Waals surface area contributed by atoms with Crippen molar-refractivity contribution in [1.82, 2.24) is 24.6 Å². The van der Waals surface area contributed by atoms with E-state index in [-0.39, 0.29) is 0 Å². The summed E-state index contributed by atoms with van der Waals surface area (Å²) in [4.78, 5) is 9.75. The van der Waals surface area contributed by atoms with Gasteiger partial charge in [0.15, 0.2) is 0 Å². The highest BCUT2D eigenvalue weighted by Gasteiger charge is 2.21. The van der Waals surface area contributed by atoms with Gasteiger partial charge in [-0.05, 0) is 30.5 Å². The van der Waals surface area contributed by atoms with Crippen molar-refractivity contribution in [2.45, 2.75) is 50.7 Å². The molecule has 4 aromatic rings. The third kappa shape index (κ3) is 6.87. The fraction of sp³-hybridized carbons (Fsp3) is 0.484. The Morgan fingerprint density at radius 1 is 0.923 bits per heavy atom. The average Bonchev–Trinajstić information content (AvgIpc) is 3.64. The largest absolute Gasteiger partial charge is 0.491 e. The Balaban J connectivity index is 0.916. The van der Waals surface area contributed by atoms with Crippen molar-refractivity contribution >= 4 is 21.6 Å². The van der Waals surface area contributed by atoms with E-state index in [1.165, 1.54) is 47.4 Å². The lowest BCUT2D eigenvalue weighted by molar-refractivity contribution is 0.0453. The number of rotatable bonds is 10. The molecule has 7 nitrogen and oxygen atoms in total. The standard InChI is InChI=1S/C31H39N5O2S/c37-27(23-38-28-11-12-30-29(19-28)33-31(39-30)25-9-5-2-6-10-25)22-35-15-13-34(14-16-35)17-18-36-21-26(20-32-36)24-7-3-1-4-8-24/h1,3-4,7-8,11-12,19-21,25,27,37H,2,5-6,9-10,13-18,22-23H2/t27-/m1/s1. The van der Waals surface area contributed by atoms with Gasteiger partial charge < -0.3 is 9.84 Å². The summed E-state index contributed by atoms with van der Waals surface area (Å²) < 4.78 is 9.25. The Labute approximate surface area is 235 Å². The number of thiazole rings is 1. The Hall–Kier alpha value is -2.78. The van der Waals surface area contributed by atoms with Crippen LogP contribution in [0.5, 0.6) is 5.75 Å². The minimum atomic E-state index is -0.513. The number of aliphatic hydroxyl groups excluding tert-OH is 1. The minimum Gasteiger partial charge on any atom is -0.491 e. The van der Waals surface area contributed by atoms with Gasteiger partial charge in [0.25, 0.3) is 0 Å². The molecule has 206 valence electrons. The van der Waals surface area contributed by atoms with Crippen molar-refractivity contribution < 1.29 is 9.84 Å². The maximum atomic E-state index is 10.7. The number of ether oxygens (including phenoxy) is 1. The second kappa shape index (κ2) is 12.6. The number of aromatic nitrogens is 3. The predicted molar refractivity (Wildman–Crippen MR) is 157 cm³/mol. The third-order valence-corrected chi connectivity index (χ3v) is 9.29. The molecule has 0 unspecified atom stereocenters. The molecular weight excluding hydrogens is 506 g/mol. The van der Waals surface area contributed by atoms with Gasteiger partial charge in [-0.15, -0.1) is 11.3 Å². The minimum absolute atomic E-state index is 0.300. The molecule has 0 radical (unpaired) electrons. The van der Waals surface area contributed by atoms with Gasteiger partial charge >= 0.3 is 0 Å². The second-order valence-corrected chi connectivity index (χ2v) is 12.0. The van der Waals surface area contributed by atoms with Crippen LogP contribution in [0.4, 0.5) is 0 Å². The van der Waals surface area contributed by atoms with Gasteiger partial charge in [0, 0.05) is 63.0 Å². The Kier molecular flexibility index (Phi) is 8.54. The van der Waals surface area contributed by atoms with E-state index in [0.717, 1.165) is 56.1 Å². The van der Waals surface area contributed by atoms with Crippen molar-refractivity contribution in [2.75, 3.05) is 45.9 Å². The van der Waals surface area contributed by atoms with E-state index in [0.29, 0.717) is 19.1 Å². The Bertz CT molecular complexity index is 1330. The van der Waals surface area contributed by atoms with E-state index in [9.17, 15) is 5.11 Å². The highest BCUT2D eigenvalue weighted by atomic mass is 32.1. The topological polar surface area (TPSA) is 66.7 Å². The van der Waals surface area contributed by atoms with Gasteiger partial charge in [0.2, 0.25) is 0 Å². The summed E-state index contributed by atoms with van der Waals surface area (Å²) in [5.41, 5.74) is 3.38. The van der Waals surface area contributed by atoms with Gasteiger partial charge in [-0.1, -0.05) is 49.6 Å². The first-order chi connectivity index (χ1) is 19.2. The van der Waals surface area contributed by atoms with E-state index in [4.69, 9.17) is 9.72 Å². The van der Waals surface area contributed by atoms with Crippen LogP contribution in [-0.4, -0.2) is 81.7 Å². The summed E-state index contributed by atoms with van der Waals surface area (Å²) in [5.74, 6) is 1.42. The van der Waals surface area contributed by atoms with Crippen molar-refractivity contribution in [2.24, 2.45) is 0 Å². The number of fused-ring (bicyclic) bond motifs is 1. The predicted octanol–water partition coefficient (Wildman–Crippen LogP) is 5.27. The summed E-state index contributed by atoms with van der Waals surface area (Å²) in [6.07, 6.45) is 10.1. The van der Waals surface area contributed by atoms with E-state index < -0.39 is 6.10 Å². The first-order valence-corrected chi connectivity index (χ1v) is 15.3. The second-order valence-electron chi connectivity index (χ2n) is 11.0. The van der Waals surface area contributed by atoms with Crippen LogP contribution >= 0.6 is 11.3 Å². The summed E-state index contributed by atoms with van der Waals surface area (Å²) in [6.45, 7) is 6.73. The van der Waals surface area contributed by atoms with Crippen LogP contribution in [0.2, 0.25) is 0 Å². The summed E-state index contributed by atoms with van der Waals surface area (Å²) in [5, 5.41) is 16.5. The Morgan fingerprint density at radius 3 is 2.54 bits per heavy atom. The van der Waals surface area contributed by atoms with Crippen molar-refractivity contribution in [3.8, 4) is 16.9 Å². The van der Waals surface area contributed by atoms with Crippen molar-refractivity contribution in [3.05, 3.63) is 65.9 Å². The lowest BCUT2D eigenvalue weighted by Crippen LogP contribution is -2.49. The molecule has 1 atom stereocenters. The number of aliphatic hydroxyl groups is 1. The fourth-order valence-electron chi connectivity index (χ4n) is 5.79. The molecule has 8 heteroatoms. The molecule has 0 spiro atoms. The lowest BCUT2D eigenvalue weighted by atomic mass is 9.90. The molecule has 6 rings (SSSR count). The molecule has 1 aliphatic heterocycles. The van der Waals surface area contributed by atoms with Crippen LogP contribution in [0.15, 0.2) is 60.9 Å². The monoisotopic (exact) mass is 545 g/mol. The number of nitrogens with zero attached hydrogens (tertiary/aromatic N) is 5. The molecule has 1 saturated heterocycles. The van der Waals surface area contributed by atoms with E-state index >= 15 is 0 Å². The molecule has 2 aromatic carbocycles. The van der Waals surface area contributed by atoms with Gasteiger partial charge in [0.05, 0.1) is 28.0 Å². The highest BCUT2D eigenvalue weighted by molar-refractivity contribution is 7.18. The SMILES string of the molecule is O[C@@H](COc1ccc2sc(C3CCCCC3)nc2c1)CN1CCN(CCn2cc(-c3ccccc3)cn2)CC1. The first-order valence-electron chi connectivity index (χ1n) is 14.4. The molecule has 2 fully saturated rings. The highest BCUT2D eigenvalue weighted by Crippen LogP contribution is 2.37. The number of benzene rings is 2.